The lowest BCUT2D eigenvalue weighted by atomic mass is 10.1. The van der Waals surface area contributed by atoms with Crippen molar-refractivity contribution in [1.29, 1.82) is 0 Å². The van der Waals surface area contributed by atoms with Crippen LogP contribution < -0.4 is 5.32 Å². The average Bonchev–Trinajstić information content (AvgIpc) is 2.54. The minimum atomic E-state index is -0.0527. The zero-order chi connectivity index (χ0) is 15.9. The van der Waals surface area contributed by atoms with E-state index in [-0.39, 0.29) is 17.6 Å². The van der Waals surface area contributed by atoms with Crippen LogP contribution in [0.15, 0.2) is 60.7 Å². The average molecular weight is 293 g/mol. The van der Waals surface area contributed by atoms with Gasteiger partial charge in [0.1, 0.15) is 0 Å². The molecule has 3 heteroatoms. The number of carbonyl (C=O) groups is 2. The molecule has 0 unspecified atom stereocenters. The zero-order valence-electron chi connectivity index (χ0n) is 12.7. The van der Waals surface area contributed by atoms with Crippen LogP contribution in [-0.2, 0) is 4.79 Å². The van der Waals surface area contributed by atoms with E-state index in [9.17, 15) is 9.59 Å². The van der Waals surface area contributed by atoms with Crippen molar-refractivity contribution in [2.24, 2.45) is 5.92 Å². The predicted octanol–water partition coefficient (Wildman–Crippen LogP) is 4.18. The van der Waals surface area contributed by atoms with Gasteiger partial charge in [0, 0.05) is 17.2 Å². The van der Waals surface area contributed by atoms with Gasteiger partial charge in [-0.05, 0) is 23.8 Å². The first-order chi connectivity index (χ1) is 10.6. The lowest BCUT2D eigenvalue weighted by molar-refractivity contribution is -0.118. The van der Waals surface area contributed by atoms with Crippen molar-refractivity contribution < 1.29 is 9.59 Å². The molecule has 0 aliphatic heterocycles. The number of ketones is 1. The molecule has 0 fully saturated rings. The van der Waals surface area contributed by atoms with Crippen molar-refractivity contribution in [2.45, 2.75) is 13.8 Å². The molecule has 3 nitrogen and oxygen atoms in total. The molecule has 0 saturated carbocycles. The first-order valence-corrected chi connectivity index (χ1v) is 7.24. The number of benzene rings is 2. The van der Waals surface area contributed by atoms with E-state index < -0.39 is 0 Å². The van der Waals surface area contributed by atoms with E-state index >= 15 is 0 Å². The summed E-state index contributed by atoms with van der Waals surface area (Å²) in [5.41, 5.74) is 2.33. The maximum Gasteiger partial charge on any atom is 0.226 e. The highest BCUT2D eigenvalue weighted by atomic mass is 16.1. The maximum atomic E-state index is 12.0. The van der Waals surface area contributed by atoms with Crippen LogP contribution >= 0.6 is 0 Å². The van der Waals surface area contributed by atoms with Gasteiger partial charge in [0.2, 0.25) is 5.91 Å². The summed E-state index contributed by atoms with van der Waals surface area (Å²) in [4.78, 5) is 23.6. The summed E-state index contributed by atoms with van der Waals surface area (Å²) in [5, 5.41) is 2.83. The van der Waals surface area contributed by atoms with Crippen LogP contribution in [0, 0.1) is 5.92 Å². The van der Waals surface area contributed by atoms with E-state index in [1.54, 1.807) is 24.3 Å². The van der Waals surface area contributed by atoms with Crippen LogP contribution in [0.5, 0.6) is 0 Å². The summed E-state index contributed by atoms with van der Waals surface area (Å²) in [5.74, 6) is -0.0941. The third-order valence-corrected chi connectivity index (χ3v) is 3.19. The van der Waals surface area contributed by atoms with E-state index in [0.29, 0.717) is 5.56 Å². The second kappa shape index (κ2) is 7.36. The van der Waals surface area contributed by atoms with Gasteiger partial charge in [0.25, 0.3) is 0 Å². The normalized spacial score (nSPS) is 10.9. The number of amides is 1. The van der Waals surface area contributed by atoms with E-state index in [0.717, 1.165) is 11.3 Å². The van der Waals surface area contributed by atoms with Gasteiger partial charge in [-0.1, -0.05) is 62.4 Å². The second-order valence-corrected chi connectivity index (χ2v) is 5.33. The monoisotopic (exact) mass is 293 g/mol. The van der Waals surface area contributed by atoms with Gasteiger partial charge in [0.15, 0.2) is 5.78 Å². The van der Waals surface area contributed by atoms with E-state index in [4.69, 9.17) is 0 Å². The highest BCUT2D eigenvalue weighted by Crippen LogP contribution is 2.12. The summed E-state index contributed by atoms with van der Waals surface area (Å²) in [6.45, 7) is 3.70. The van der Waals surface area contributed by atoms with Gasteiger partial charge >= 0.3 is 0 Å². The predicted molar refractivity (Wildman–Crippen MR) is 89.7 cm³/mol. The number of carbonyl (C=O) groups excluding carboxylic acids is 2. The number of anilines is 1. The van der Waals surface area contributed by atoms with Crippen molar-refractivity contribution in [2.75, 3.05) is 5.32 Å². The summed E-state index contributed by atoms with van der Waals surface area (Å²) in [6.07, 6.45) is 3.32. The van der Waals surface area contributed by atoms with Crippen LogP contribution in [0.25, 0.3) is 6.08 Å². The Morgan fingerprint density at radius 2 is 1.59 bits per heavy atom. The molecule has 0 saturated heterocycles. The standard InChI is InChI=1S/C19H19NO2/c1-14(2)19(22)20-17-11-8-15(9-12-17)10-13-18(21)16-6-4-3-5-7-16/h3-14H,1-2H3,(H,20,22)/b13-10+. The van der Waals surface area contributed by atoms with Crippen molar-refractivity contribution in [3.8, 4) is 0 Å². The Morgan fingerprint density at radius 1 is 0.955 bits per heavy atom. The Hall–Kier alpha value is -2.68. The van der Waals surface area contributed by atoms with Gasteiger partial charge in [-0.25, -0.2) is 0 Å². The quantitative estimate of drug-likeness (QED) is 0.664. The lowest BCUT2D eigenvalue weighted by Gasteiger charge is -2.07. The summed E-state index contributed by atoms with van der Waals surface area (Å²) >= 11 is 0. The molecule has 0 bridgehead atoms. The molecule has 112 valence electrons. The van der Waals surface area contributed by atoms with Gasteiger partial charge in [-0.15, -0.1) is 0 Å². The fourth-order valence-corrected chi connectivity index (χ4v) is 1.83. The highest BCUT2D eigenvalue weighted by molar-refractivity contribution is 6.06. The fraction of sp³-hybridized carbons (Fsp3) is 0.158. The Kier molecular flexibility index (Phi) is 5.26. The molecule has 1 N–H and O–H groups in total. The summed E-state index contributed by atoms with van der Waals surface area (Å²) in [6, 6.07) is 16.5. The van der Waals surface area contributed by atoms with Crippen molar-refractivity contribution in [1.82, 2.24) is 0 Å². The van der Waals surface area contributed by atoms with Crippen LogP contribution in [0.2, 0.25) is 0 Å². The molecule has 0 radical (unpaired) electrons. The zero-order valence-corrected chi connectivity index (χ0v) is 12.7. The molecule has 0 aliphatic rings. The smallest absolute Gasteiger partial charge is 0.226 e. The van der Waals surface area contributed by atoms with Gasteiger partial charge < -0.3 is 5.32 Å². The molecule has 0 aromatic heterocycles. The molecule has 1 amide bonds. The molecule has 2 aromatic rings. The first kappa shape index (κ1) is 15.7. The topological polar surface area (TPSA) is 46.2 Å². The number of hydrogen-bond acceptors (Lipinski definition) is 2. The van der Waals surface area contributed by atoms with Crippen LogP contribution in [0.1, 0.15) is 29.8 Å². The maximum absolute atomic E-state index is 12.0. The third-order valence-electron chi connectivity index (χ3n) is 3.19. The SMILES string of the molecule is CC(C)C(=O)Nc1ccc(/C=C/C(=O)c2ccccc2)cc1. The molecule has 2 aromatic carbocycles. The molecule has 0 spiro atoms. The Bertz CT molecular complexity index is 670. The third kappa shape index (κ3) is 4.42. The van der Waals surface area contributed by atoms with Crippen molar-refractivity contribution >= 4 is 23.5 Å². The largest absolute Gasteiger partial charge is 0.326 e. The van der Waals surface area contributed by atoms with E-state index in [2.05, 4.69) is 5.32 Å². The van der Waals surface area contributed by atoms with Gasteiger partial charge in [-0.3, -0.25) is 9.59 Å². The van der Waals surface area contributed by atoms with E-state index in [1.807, 2.05) is 56.3 Å². The molecule has 0 heterocycles. The summed E-state index contributed by atoms with van der Waals surface area (Å²) in [7, 11) is 0. The molecule has 2 rings (SSSR count). The Labute approximate surface area is 130 Å². The van der Waals surface area contributed by atoms with Gasteiger partial charge in [-0.2, -0.15) is 0 Å². The van der Waals surface area contributed by atoms with E-state index in [1.165, 1.54) is 0 Å². The number of allylic oxidation sites excluding steroid dienone is 1. The minimum Gasteiger partial charge on any atom is -0.326 e. The number of nitrogens with one attached hydrogen (secondary N) is 1. The molecule has 0 aliphatic carbocycles. The number of hydrogen-bond donors (Lipinski definition) is 1. The molecule has 0 atom stereocenters. The lowest BCUT2D eigenvalue weighted by Crippen LogP contribution is -2.17. The Balaban J connectivity index is 2.01. The number of rotatable bonds is 5. The summed E-state index contributed by atoms with van der Waals surface area (Å²) < 4.78 is 0. The van der Waals surface area contributed by atoms with Gasteiger partial charge in [0.05, 0.1) is 0 Å². The molecular weight excluding hydrogens is 274 g/mol. The molecular formula is C19H19NO2. The van der Waals surface area contributed by atoms with Crippen molar-refractivity contribution in [3.05, 3.63) is 71.8 Å². The molecule has 22 heavy (non-hydrogen) atoms. The van der Waals surface area contributed by atoms with Crippen molar-refractivity contribution in [3.63, 3.8) is 0 Å². The first-order valence-electron chi connectivity index (χ1n) is 7.24. The highest BCUT2D eigenvalue weighted by Gasteiger charge is 2.06. The van der Waals surface area contributed by atoms with Crippen LogP contribution in [0.4, 0.5) is 5.69 Å². The van der Waals surface area contributed by atoms with Crippen LogP contribution in [-0.4, -0.2) is 11.7 Å². The second-order valence-electron chi connectivity index (χ2n) is 5.33. The Morgan fingerprint density at radius 3 is 2.18 bits per heavy atom. The van der Waals surface area contributed by atoms with Crippen LogP contribution in [0.3, 0.4) is 0 Å². The minimum absolute atomic E-state index is 0.0115. The fourth-order valence-electron chi connectivity index (χ4n) is 1.83.